The molecule has 11 heavy (non-hydrogen) atoms. The lowest BCUT2D eigenvalue weighted by molar-refractivity contribution is 0.157. The summed E-state index contributed by atoms with van der Waals surface area (Å²) in [6.45, 7) is 4.14. The van der Waals surface area contributed by atoms with Crippen LogP contribution in [0.2, 0.25) is 0 Å². The van der Waals surface area contributed by atoms with Crippen molar-refractivity contribution in [3.8, 4) is 0 Å². The molecule has 0 unspecified atom stereocenters. The van der Waals surface area contributed by atoms with Crippen LogP contribution in [-0.2, 0) is 4.74 Å². The van der Waals surface area contributed by atoms with Gasteiger partial charge in [-0.25, -0.2) is 4.79 Å². The minimum absolute atomic E-state index is 0.360. The van der Waals surface area contributed by atoms with Crippen LogP contribution in [0.3, 0.4) is 0 Å². The second kappa shape index (κ2) is 7.34. The van der Waals surface area contributed by atoms with Gasteiger partial charge in [-0.15, -0.1) is 0 Å². The molecule has 0 aliphatic rings. The zero-order valence-electron chi connectivity index (χ0n) is 6.93. The number of unbranched alkanes of at least 4 members (excludes halogenated alkanes) is 1. The normalized spacial score (nSPS) is 9.55. The van der Waals surface area contributed by atoms with E-state index in [1.54, 1.807) is 0 Å². The number of nitrogens with two attached hydrogens (primary N) is 1. The molecular weight excluding hydrogens is 144 g/mol. The predicted octanol–water partition coefficient (Wildman–Crippen LogP) is 0.471. The molecule has 4 nitrogen and oxygen atoms in total. The van der Waals surface area contributed by atoms with Crippen molar-refractivity contribution in [2.75, 3.05) is 19.7 Å². The summed E-state index contributed by atoms with van der Waals surface area (Å²) in [5.41, 5.74) is 4.74. The molecule has 0 aromatic carbocycles. The van der Waals surface area contributed by atoms with Gasteiger partial charge in [-0.05, 0) is 13.0 Å². The van der Waals surface area contributed by atoms with Gasteiger partial charge in [0.15, 0.2) is 0 Å². The number of hydrogen-bond acceptors (Lipinski definition) is 3. The Kier molecular flexibility index (Phi) is 6.82. The van der Waals surface area contributed by atoms with E-state index in [2.05, 4.69) is 17.0 Å². The summed E-state index contributed by atoms with van der Waals surface area (Å²) in [6.07, 6.45) is 1.61. The largest absolute Gasteiger partial charge is 0.448 e. The van der Waals surface area contributed by atoms with Gasteiger partial charge in [-0.2, -0.15) is 0 Å². The van der Waals surface area contributed by atoms with Gasteiger partial charge >= 0.3 is 6.09 Å². The van der Waals surface area contributed by atoms with E-state index < -0.39 is 6.09 Å². The van der Waals surface area contributed by atoms with Gasteiger partial charge in [0.25, 0.3) is 0 Å². The Morgan fingerprint density at radius 1 is 1.55 bits per heavy atom. The maximum atomic E-state index is 10.1. The predicted molar refractivity (Wildman–Crippen MR) is 43.3 cm³/mol. The maximum Gasteiger partial charge on any atom is 0.404 e. The van der Waals surface area contributed by atoms with Gasteiger partial charge in [0.05, 0.1) is 0 Å². The molecule has 0 aromatic rings. The van der Waals surface area contributed by atoms with Crippen LogP contribution >= 0.6 is 0 Å². The highest BCUT2D eigenvalue weighted by Crippen LogP contribution is 1.81. The third kappa shape index (κ3) is 9.23. The van der Waals surface area contributed by atoms with Crippen LogP contribution < -0.4 is 11.1 Å². The standard InChI is InChI=1S/C7H16N2O2/c1-2-3-4-9-5-6-11-7(8)10/h9H,2-6H2,1H3,(H2,8,10). The number of hydrogen-bond donors (Lipinski definition) is 2. The van der Waals surface area contributed by atoms with E-state index in [4.69, 9.17) is 5.73 Å². The third-order valence-electron chi connectivity index (χ3n) is 1.23. The first kappa shape index (κ1) is 10.2. The summed E-state index contributed by atoms with van der Waals surface area (Å²) < 4.78 is 4.50. The van der Waals surface area contributed by atoms with Crippen LogP contribution in [0.5, 0.6) is 0 Å². The van der Waals surface area contributed by atoms with Gasteiger partial charge < -0.3 is 15.8 Å². The average Bonchev–Trinajstić information content (AvgIpc) is 1.96. The van der Waals surface area contributed by atoms with Crippen LogP contribution in [-0.4, -0.2) is 25.8 Å². The second-order valence-corrected chi connectivity index (χ2v) is 2.27. The van der Waals surface area contributed by atoms with Crippen LogP contribution in [0, 0.1) is 0 Å². The number of carbonyl (C=O) groups excluding carboxylic acids is 1. The Hall–Kier alpha value is -0.770. The number of carbonyl (C=O) groups is 1. The number of nitrogens with one attached hydrogen (secondary N) is 1. The summed E-state index contributed by atoms with van der Waals surface area (Å²) in [7, 11) is 0. The van der Waals surface area contributed by atoms with E-state index in [9.17, 15) is 4.79 Å². The lowest BCUT2D eigenvalue weighted by Gasteiger charge is -2.02. The molecule has 0 heterocycles. The number of rotatable bonds is 6. The smallest absolute Gasteiger partial charge is 0.404 e. The van der Waals surface area contributed by atoms with Crippen LogP contribution in [0.1, 0.15) is 19.8 Å². The first-order valence-electron chi connectivity index (χ1n) is 3.90. The highest BCUT2D eigenvalue weighted by atomic mass is 16.5. The summed E-state index contributed by atoms with van der Waals surface area (Å²) in [4.78, 5) is 10.1. The second-order valence-electron chi connectivity index (χ2n) is 2.27. The molecule has 66 valence electrons. The fourth-order valence-corrected chi connectivity index (χ4v) is 0.651. The van der Waals surface area contributed by atoms with Crippen molar-refractivity contribution in [3.63, 3.8) is 0 Å². The Bertz CT molecular complexity index is 107. The number of primary amides is 1. The van der Waals surface area contributed by atoms with E-state index in [-0.39, 0.29) is 0 Å². The minimum Gasteiger partial charge on any atom is -0.448 e. The number of amides is 1. The van der Waals surface area contributed by atoms with Gasteiger partial charge in [-0.3, -0.25) is 0 Å². The van der Waals surface area contributed by atoms with Gasteiger partial charge in [0.2, 0.25) is 0 Å². The van der Waals surface area contributed by atoms with E-state index in [0.29, 0.717) is 13.2 Å². The maximum absolute atomic E-state index is 10.1. The molecule has 4 heteroatoms. The van der Waals surface area contributed by atoms with Crippen molar-refractivity contribution in [3.05, 3.63) is 0 Å². The van der Waals surface area contributed by atoms with Crippen LogP contribution in [0.25, 0.3) is 0 Å². The molecule has 0 aliphatic carbocycles. The van der Waals surface area contributed by atoms with Crippen molar-refractivity contribution < 1.29 is 9.53 Å². The van der Waals surface area contributed by atoms with Crippen molar-refractivity contribution in [1.82, 2.24) is 5.32 Å². The van der Waals surface area contributed by atoms with Crippen LogP contribution in [0.15, 0.2) is 0 Å². The van der Waals surface area contributed by atoms with E-state index >= 15 is 0 Å². The molecule has 0 rings (SSSR count). The molecule has 0 aromatic heterocycles. The molecule has 0 radical (unpaired) electrons. The lowest BCUT2D eigenvalue weighted by Crippen LogP contribution is -2.24. The summed E-state index contributed by atoms with van der Waals surface area (Å²) in [5, 5.41) is 3.11. The topological polar surface area (TPSA) is 64.3 Å². The number of ether oxygens (including phenoxy) is 1. The highest BCUT2D eigenvalue weighted by molar-refractivity contribution is 5.64. The molecule has 0 saturated heterocycles. The Morgan fingerprint density at radius 3 is 2.82 bits per heavy atom. The van der Waals surface area contributed by atoms with Crippen molar-refractivity contribution in [1.29, 1.82) is 0 Å². The highest BCUT2D eigenvalue weighted by Gasteiger charge is 1.91. The monoisotopic (exact) mass is 160 g/mol. The third-order valence-corrected chi connectivity index (χ3v) is 1.23. The first-order chi connectivity index (χ1) is 5.27. The zero-order valence-corrected chi connectivity index (χ0v) is 6.93. The zero-order chi connectivity index (χ0) is 8.53. The Balaban J connectivity index is 2.85. The molecule has 1 amide bonds. The molecule has 0 fully saturated rings. The van der Waals surface area contributed by atoms with E-state index in [1.165, 1.54) is 6.42 Å². The summed E-state index contributed by atoms with van der Waals surface area (Å²) in [6, 6.07) is 0. The Morgan fingerprint density at radius 2 is 2.27 bits per heavy atom. The first-order valence-corrected chi connectivity index (χ1v) is 3.90. The Labute approximate surface area is 67.1 Å². The molecule has 0 saturated carbocycles. The molecular formula is C7H16N2O2. The molecule has 0 spiro atoms. The van der Waals surface area contributed by atoms with Gasteiger partial charge in [-0.1, -0.05) is 13.3 Å². The quantitative estimate of drug-likeness (QED) is 0.555. The van der Waals surface area contributed by atoms with Gasteiger partial charge in [0.1, 0.15) is 6.61 Å². The fraction of sp³-hybridized carbons (Fsp3) is 0.857. The fourth-order valence-electron chi connectivity index (χ4n) is 0.651. The molecule has 3 N–H and O–H groups in total. The SMILES string of the molecule is CCCCNCCOC(N)=O. The molecule has 0 atom stereocenters. The summed E-state index contributed by atoms with van der Waals surface area (Å²) in [5.74, 6) is 0. The van der Waals surface area contributed by atoms with Gasteiger partial charge in [0, 0.05) is 6.54 Å². The van der Waals surface area contributed by atoms with E-state index in [0.717, 1.165) is 13.0 Å². The minimum atomic E-state index is -0.706. The van der Waals surface area contributed by atoms with Crippen molar-refractivity contribution in [2.24, 2.45) is 5.73 Å². The average molecular weight is 160 g/mol. The van der Waals surface area contributed by atoms with Crippen molar-refractivity contribution in [2.45, 2.75) is 19.8 Å². The lowest BCUT2D eigenvalue weighted by atomic mass is 10.3. The summed E-state index contributed by atoms with van der Waals surface area (Å²) >= 11 is 0. The van der Waals surface area contributed by atoms with Crippen molar-refractivity contribution >= 4 is 6.09 Å². The van der Waals surface area contributed by atoms with E-state index in [1.807, 2.05) is 0 Å². The van der Waals surface area contributed by atoms with Crippen LogP contribution in [0.4, 0.5) is 4.79 Å². The molecule has 0 aliphatic heterocycles. The molecule has 0 bridgehead atoms.